The first-order chi connectivity index (χ1) is 6.81. The van der Waals surface area contributed by atoms with Gasteiger partial charge in [0.25, 0.3) is 0 Å². The van der Waals surface area contributed by atoms with E-state index in [1.807, 2.05) is 13.8 Å². The van der Waals surface area contributed by atoms with Crippen LogP contribution in [0.15, 0.2) is 0 Å². The minimum Gasteiger partial charge on any atom is -0.464 e. The van der Waals surface area contributed by atoms with E-state index >= 15 is 0 Å². The van der Waals surface area contributed by atoms with E-state index in [1.54, 1.807) is 0 Å². The number of fused-ring (bicyclic) bond motifs is 1. The summed E-state index contributed by atoms with van der Waals surface area (Å²) < 4.78 is 5.31. The molecule has 0 amide bonds. The lowest BCUT2D eigenvalue weighted by molar-refractivity contribution is 0.309. The summed E-state index contributed by atoms with van der Waals surface area (Å²) in [7, 11) is 0. The van der Waals surface area contributed by atoms with Gasteiger partial charge in [-0.2, -0.15) is 4.98 Å². The predicted octanol–water partition coefficient (Wildman–Crippen LogP) is 0.829. The second kappa shape index (κ2) is 3.92. The minimum absolute atomic E-state index is 0.519. The standard InChI is InChI=1S/C10H15N3O/c1-3-14-10-12-7(2)8-6-11-5-4-9(8)13-10/h11H,3-6H2,1-2H3. The van der Waals surface area contributed by atoms with Gasteiger partial charge in [0.2, 0.25) is 0 Å². The van der Waals surface area contributed by atoms with E-state index in [9.17, 15) is 0 Å². The Balaban J connectivity index is 2.36. The van der Waals surface area contributed by atoms with Crippen LogP contribution in [0.5, 0.6) is 6.01 Å². The average molecular weight is 193 g/mol. The summed E-state index contributed by atoms with van der Waals surface area (Å²) in [5, 5.41) is 3.31. The van der Waals surface area contributed by atoms with Gasteiger partial charge in [-0.3, -0.25) is 0 Å². The lowest BCUT2D eigenvalue weighted by atomic mass is 10.1. The summed E-state index contributed by atoms with van der Waals surface area (Å²) in [5.41, 5.74) is 3.41. The summed E-state index contributed by atoms with van der Waals surface area (Å²) in [5.74, 6) is 0. The Morgan fingerprint density at radius 2 is 2.29 bits per heavy atom. The third-order valence-electron chi connectivity index (χ3n) is 2.39. The van der Waals surface area contributed by atoms with Crippen LogP contribution < -0.4 is 10.1 Å². The average Bonchev–Trinajstić information content (AvgIpc) is 2.18. The van der Waals surface area contributed by atoms with Crippen LogP contribution >= 0.6 is 0 Å². The number of aromatic nitrogens is 2. The van der Waals surface area contributed by atoms with Gasteiger partial charge < -0.3 is 10.1 Å². The molecule has 1 aromatic heterocycles. The third kappa shape index (κ3) is 1.70. The van der Waals surface area contributed by atoms with Gasteiger partial charge in [0.05, 0.1) is 12.3 Å². The van der Waals surface area contributed by atoms with Crippen LogP contribution in [0.4, 0.5) is 0 Å². The summed E-state index contributed by atoms with van der Waals surface area (Å²) in [6.07, 6.45) is 0.971. The lowest BCUT2D eigenvalue weighted by Crippen LogP contribution is -2.26. The van der Waals surface area contributed by atoms with Crippen molar-refractivity contribution < 1.29 is 4.74 Å². The Labute approximate surface area is 83.7 Å². The second-order valence-electron chi connectivity index (χ2n) is 3.38. The molecule has 4 nitrogen and oxygen atoms in total. The molecule has 2 rings (SSSR count). The molecular formula is C10H15N3O. The van der Waals surface area contributed by atoms with Crippen molar-refractivity contribution in [3.8, 4) is 6.01 Å². The summed E-state index contributed by atoms with van der Waals surface area (Å²) >= 11 is 0. The highest BCUT2D eigenvalue weighted by atomic mass is 16.5. The fraction of sp³-hybridized carbons (Fsp3) is 0.600. The van der Waals surface area contributed by atoms with Crippen molar-refractivity contribution in [1.82, 2.24) is 15.3 Å². The molecule has 1 aliphatic heterocycles. The molecule has 4 heteroatoms. The maximum Gasteiger partial charge on any atom is 0.316 e. The fourth-order valence-corrected chi connectivity index (χ4v) is 1.68. The van der Waals surface area contributed by atoms with Crippen LogP contribution in [0.25, 0.3) is 0 Å². The molecule has 0 saturated carbocycles. The van der Waals surface area contributed by atoms with Crippen LogP contribution in [0.2, 0.25) is 0 Å². The van der Waals surface area contributed by atoms with E-state index in [0.717, 1.165) is 30.9 Å². The van der Waals surface area contributed by atoms with Gasteiger partial charge in [-0.05, 0) is 13.8 Å². The van der Waals surface area contributed by atoms with Gasteiger partial charge in [0.1, 0.15) is 0 Å². The molecule has 0 spiro atoms. The number of nitrogens with one attached hydrogen (secondary N) is 1. The molecular weight excluding hydrogens is 178 g/mol. The molecule has 76 valence electrons. The molecule has 0 saturated heterocycles. The minimum atomic E-state index is 0.519. The summed E-state index contributed by atoms with van der Waals surface area (Å²) in [6.45, 7) is 6.45. The first-order valence-electron chi connectivity index (χ1n) is 5.01. The van der Waals surface area contributed by atoms with Crippen LogP contribution in [-0.2, 0) is 13.0 Å². The van der Waals surface area contributed by atoms with E-state index in [4.69, 9.17) is 4.74 Å². The van der Waals surface area contributed by atoms with E-state index in [0.29, 0.717) is 12.6 Å². The molecule has 0 fully saturated rings. The van der Waals surface area contributed by atoms with Crippen molar-refractivity contribution in [2.75, 3.05) is 13.2 Å². The number of nitrogens with zero attached hydrogens (tertiary/aromatic N) is 2. The Bertz CT molecular complexity index is 338. The second-order valence-corrected chi connectivity index (χ2v) is 3.38. The molecule has 0 aromatic carbocycles. The van der Waals surface area contributed by atoms with Gasteiger partial charge in [0, 0.05) is 30.8 Å². The fourth-order valence-electron chi connectivity index (χ4n) is 1.68. The number of ether oxygens (including phenoxy) is 1. The molecule has 1 N–H and O–H groups in total. The molecule has 14 heavy (non-hydrogen) atoms. The summed E-state index contributed by atoms with van der Waals surface area (Å²) in [6, 6.07) is 0.519. The van der Waals surface area contributed by atoms with E-state index in [-0.39, 0.29) is 0 Å². The highest BCUT2D eigenvalue weighted by Gasteiger charge is 2.15. The Kier molecular flexibility index (Phi) is 2.63. The Morgan fingerprint density at radius 3 is 3.07 bits per heavy atom. The third-order valence-corrected chi connectivity index (χ3v) is 2.39. The van der Waals surface area contributed by atoms with Crippen molar-refractivity contribution in [3.63, 3.8) is 0 Å². The van der Waals surface area contributed by atoms with Crippen molar-refractivity contribution in [1.29, 1.82) is 0 Å². The predicted molar refractivity (Wildman–Crippen MR) is 53.3 cm³/mol. The highest BCUT2D eigenvalue weighted by molar-refractivity contribution is 5.28. The number of rotatable bonds is 2. The molecule has 1 aromatic rings. The number of hydrogen-bond acceptors (Lipinski definition) is 4. The maximum atomic E-state index is 5.31. The Morgan fingerprint density at radius 1 is 1.43 bits per heavy atom. The van der Waals surface area contributed by atoms with E-state index in [2.05, 4.69) is 15.3 Å². The topological polar surface area (TPSA) is 47.0 Å². The SMILES string of the molecule is CCOc1nc(C)c2c(n1)CCNC2. The summed E-state index contributed by atoms with van der Waals surface area (Å²) in [4.78, 5) is 8.69. The zero-order chi connectivity index (χ0) is 9.97. The van der Waals surface area contributed by atoms with E-state index in [1.165, 1.54) is 5.56 Å². The van der Waals surface area contributed by atoms with E-state index < -0.39 is 0 Å². The molecule has 0 unspecified atom stereocenters. The first kappa shape index (κ1) is 9.40. The van der Waals surface area contributed by atoms with Crippen molar-refractivity contribution in [3.05, 3.63) is 17.0 Å². The quantitative estimate of drug-likeness (QED) is 0.755. The molecule has 0 radical (unpaired) electrons. The van der Waals surface area contributed by atoms with Gasteiger partial charge in [-0.1, -0.05) is 0 Å². The number of aryl methyl sites for hydroxylation is 1. The van der Waals surface area contributed by atoms with Crippen molar-refractivity contribution in [2.45, 2.75) is 26.8 Å². The van der Waals surface area contributed by atoms with Gasteiger partial charge in [-0.25, -0.2) is 4.98 Å². The molecule has 1 aliphatic rings. The molecule has 2 heterocycles. The first-order valence-corrected chi connectivity index (χ1v) is 5.01. The zero-order valence-corrected chi connectivity index (χ0v) is 8.63. The van der Waals surface area contributed by atoms with Gasteiger partial charge in [0.15, 0.2) is 0 Å². The van der Waals surface area contributed by atoms with Crippen LogP contribution in [0, 0.1) is 6.92 Å². The van der Waals surface area contributed by atoms with Crippen LogP contribution in [0.3, 0.4) is 0 Å². The van der Waals surface area contributed by atoms with Gasteiger partial charge in [-0.15, -0.1) is 0 Å². The number of hydrogen-bond donors (Lipinski definition) is 1. The molecule has 0 aliphatic carbocycles. The Hall–Kier alpha value is -1.16. The normalized spacial score (nSPS) is 15.0. The highest BCUT2D eigenvalue weighted by Crippen LogP contribution is 2.17. The van der Waals surface area contributed by atoms with Gasteiger partial charge >= 0.3 is 6.01 Å². The van der Waals surface area contributed by atoms with Crippen molar-refractivity contribution in [2.24, 2.45) is 0 Å². The van der Waals surface area contributed by atoms with Crippen LogP contribution in [-0.4, -0.2) is 23.1 Å². The lowest BCUT2D eigenvalue weighted by Gasteiger charge is -2.18. The van der Waals surface area contributed by atoms with Crippen LogP contribution in [0.1, 0.15) is 23.9 Å². The maximum absolute atomic E-state index is 5.31. The monoisotopic (exact) mass is 193 g/mol. The molecule has 0 bridgehead atoms. The largest absolute Gasteiger partial charge is 0.464 e. The molecule has 0 atom stereocenters. The zero-order valence-electron chi connectivity index (χ0n) is 8.63. The van der Waals surface area contributed by atoms with Crippen molar-refractivity contribution >= 4 is 0 Å². The smallest absolute Gasteiger partial charge is 0.316 e.